The van der Waals surface area contributed by atoms with Crippen molar-refractivity contribution in [2.75, 3.05) is 0 Å². The standard InChI is InChI=1S/C44H27N3/c1-3-12-30(13-4-1)42-38-24-22-32(27-39(38)45-44(46-42)31-14-5-2-6-15-31)47-40-18-10-9-17-34(40)36-26-25-35-37(43(36)47)23-21-29-20-19-28-11-7-8-16-33(28)41(29)35/h1-27H. The van der Waals surface area contributed by atoms with E-state index in [1.165, 1.54) is 54.1 Å². The van der Waals surface area contributed by atoms with Gasteiger partial charge in [0.25, 0.3) is 0 Å². The number of nitrogens with zero attached hydrogens (tertiary/aromatic N) is 3. The van der Waals surface area contributed by atoms with Crippen LogP contribution in [-0.2, 0) is 0 Å². The van der Waals surface area contributed by atoms with Gasteiger partial charge in [-0.05, 0) is 51.2 Å². The zero-order valence-corrected chi connectivity index (χ0v) is 25.4. The van der Waals surface area contributed by atoms with Gasteiger partial charge in [0.05, 0.1) is 22.2 Å². The molecule has 8 aromatic carbocycles. The van der Waals surface area contributed by atoms with Gasteiger partial charge in [-0.15, -0.1) is 0 Å². The van der Waals surface area contributed by atoms with Crippen molar-refractivity contribution in [1.29, 1.82) is 0 Å². The van der Waals surface area contributed by atoms with Gasteiger partial charge < -0.3 is 4.57 Å². The SMILES string of the molecule is c1ccc(-c2nc(-c3ccccc3)c3ccc(-n4c5ccccc5c5ccc6c(ccc7ccc8ccccc8c76)c54)cc3n2)cc1. The Hall–Kier alpha value is -6.32. The summed E-state index contributed by atoms with van der Waals surface area (Å²) in [5.74, 6) is 0.722. The average Bonchev–Trinajstić information content (AvgIpc) is 3.49. The Morgan fingerprint density at radius 3 is 1.87 bits per heavy atom. The van der Waals surface area contributed by atoms with E-state index in [1.54, 1.807) is 0 Å². The van der Waals surface area contributed by atoms with Gasteiger partial charge in [-0.2, -0.15) is 0 Å². The summed E-state index contributed by atoms with van der Waals surface area (Å²) < 4.78 is 2.43. The second kappa shape index (κ2) is 10.1. The van der Waals surface area contributed by atoms with Crippen LogP contribution in [0.2, 0.25) is 0 Å². The Bertz CT molecular complexity index is 2830. The van der Waals surface area contributed by atoms with Gasteiger partial charge in [-0.25, -0.2) is 9.97 Å². The molecular weight excluding hydrogens is 571 g/mol. The van der Waals surface area contributed by atoms with Gasteiger partial charge in [0.2, 0.25) is 0 Å². The smallest absolute Gasteiger partial charge is 0.160 e. The molecule has 0 aliphatic rings. The maximum Gasteiger partial charge on any atom is 0.160 e. The van der Waals surface area contributed by atoms with Crippen LogP contribution in [-0.4, -0.2) is 14.5 Å². The van der Waals surface area contributed by atoms with E-state index in [0.29, 0.717) is 0 Å². The second-order valence-electron chi connectivity index (χ2n) is 12.2. The van der Waals surface area contributed by atoms with Gasteiger partial charge in [0.15, 0.2) is 5.82 Å². The van der Waals surface area contributed by atoms with E-state index in [-0.39, 0.29) is 0 Å². The van der Waals surface area contributed by atoms with E-state index in [9.17, 15) is 0 Å². The minimum Gasteiger partial charge on any atom is -0.309 e. The highest BCUT2D eigenvalue weighted by Gasteiger charge is 2.18. The number of rotatable bonds is 3. The predicted molar refractivity (Wildman–Crippen MR) is 197 cm³/mol. The average molecular weight is 598 g/mol. The van der Waals surface area contributed by atoms with Crippen molar-refractivity contribution in [1.82, 2.24) is 14.5 Å². The molecule has 3 nitrogen and oxygen atoms in total. The molecule has 0 saturated carbocycles. The molecule has 47 heavy (non-hydrogen) atoms. The Labute approximate surface area is 271 Å². The van der Waals surface area contributed by atoms with E-state index in [4.69, 9.17) is 9.97 Å². The predicted octanol–water partition coefficient (Wildman–Crippen LogP) is 11.5. The third-order valence-electron chi connectivity index (χ3n) is 9.55. The van der Waals surface area contributed by atoms with Crippen molar-refractivity contribution in [2.45, 2.75) is 0 Å². The van der Waals surface area contributed by atoms with Crippen molar-refractivity contribution in [3.63, 3.8) is 0 Å². The van der Waals surface area contributed by atoms with E-state index in [2.05, 4.69) is 144 Å². The van der Waals surface area contributed by atoms with Crippen LogP contribution in [0, 0.1) is 0 Å². The lowest BCUT2D eigenvalue weighted by atomic mass is 9.95. The fourth-order valence-corrected chi connectivity index (χ4v) is 7.43. The maximum absolute atomic E-state index is 5.18. The third-order valence-corrected chi connectivity index (χ3v) is 9.55. The Balaban J connectivity index is 1.31. The van der Waals surface area contributed by atoms with Crippen molar-refractivity contribution < 1.29 is 0 Å². The van der Waals surface area contributed by atoms with E-state index in [1.807, 2.05) is 24.3 Å². The lowest BCUT2D eigenvalue weighted by molar-refractivity contribution is 1.18. The summed E-state index contributed by atoms with van der Waals surface area (Å²) in [6, 6.07) is 58.4. The molecule has 0 unspecified atom stereocenters. The molecule has 2 heterocycles. The van der Waals surface area contributed by atoms with Crippen LogP contribution in [0.1, 0.15) is 0 Å². The molecule has 0 N–H and O–H groups in total. The fourth-order valence-electron chi connectivity index (χ4n) is 7.43. The summed E-state index contributed by atoms with van der Waals surface area (Å²) in [4.78, 5) is 10.3. The monoisotopic (exact) mass is 597 g/mol. The summed E-state index contributed by atoms with van der Waals surface area (Å²) in [6.07, 6.45) is 0. The summed E-state index contributed by atoms with van der Waals surface area (Å²) in [6.45, 7) is 0. The number of hydrogen-bond acceptors (Lipinski definition) is 2. The highest BCUT2D eigenvalue weighted by atomic mass is 15.0. The summed E-state index contributed by atoms with van der Waals surface area (Å²) in [5, 5.41) is 11.1. The van der Waals surface area contributed by atoms with E-state index in [0.717, 1.165) is 39.2 Å². The molecule has 218 valence electrons. The first-order chi connectivity index (χ1) is 23.3. The highest BCUT2D eigenvalue weighted by molar-refractivity contribution is 6.27. The fraction of sp³-hybridized carbons (Fsp3) is 0. The maximum atomic E-state index is 5.18. The second-order valence-corrected chi connectivity index (χ2v) is 12.2. The van der Waals surface area contributed by atoms with Crippen molar-refractivity contribution in [3.05, 3.63) is 164 Å². The van der Waals surface area contributed by atoms with Crippen molar-refractivity contribution in [3.8, 4) is 28.3 Å². The molecule has 0 aliphatic carbocycles. The molecule has 0 bridgehead atoms. The van der Waals surface area contributed by atoms with Gasteiger partial charge >= 0.3 is 0 Å². The van der Waals surface area contributed by atoms with Crippen LogP contribution in [0.25, 0.3) is 93.4 Å². The van der Waals surface area contributed by atoms with Crippen LogP contribution in [0.4, 0.5) is 0 Å². The van der Waals surface area contributed by atoms with Gasteiger partial charge in [0, 0.05) is 38.4 Å². The third kappa shape index (κ3) is 3.93. The Morgan fingerprint density at radius 2 is 1.02 bits per heavy atom. The molecule has 0 fully saturated rings. The number of para-hydroxylation sites is 1. The molecule has 0 spiro atoms. The first-order valence-corrected chi connectivity index (χ1v) is 16.0. The van der Waals surface area contributed by atoms with Crippen LogP contribution in [0.5, 0.6) is 0 Å². The van der Waals surface area contributed by atoms with Gasteiger partial charge in [0.1, 0.15) is 0 Å². The van der Waals surface area contributed by atoms with E-state index < -0.39 is 0 Å². The minimum absolute atomic E-state index is 0.722. The molecule has 3 heteroatoms. The van der Waals surface area contributed by atoms with E-state index >= 15 is 0 Å². The minimum atomic E-state index is 0.722. The van der Waals surface area contributed by atoms with Crippen LogP contribution in [0.3, 0.4) is 0 Å². The molecule has 2 aromatic heterocycles. The quantitative estimate of drug-likeness (QED) is 0.190. The lowest BCUT2D eigenvalue weighted by Crippen LogP contribution is -1.98. The molecule has 0 saturated heterocycles. The zero-order chi connectivity index (χ0) is 30.9. The number of aromatic nitrogens is 3. The Kier molecular flexibility index (Phi) is 5.57. The highest BCUT2D eigenvalue weighted by Crippen LogP contribution is 2.41. The molecule has 10 aromatic rings. The topological polar surface area (TPSA) is 30.7 Å². The molecule has 10 rings (SSSR count). The summed E-state index contributed by atoms with van der Waals surface area (Å²) in [5.41, 5.74) is 7.38. The van der Waals surface area contributed by atoms with Gasteiger partial charge in [-0.3, -0.25) is 0 Å². The zero-order valence-electron chi connectivity index (χ0n) is 25.4. The molecule has 0 radical (unpaired) electrons. The normalized spacial score (nSPS) is 11.8. The van der Waals surface area contributed by atoms with Gasteiger partial charge in [-0.1, -0.05) is 140 Å². The Morgan fingerprint density at radius 1 is 0.404 bits per heavy atom. The van der Waals surface area contributed by atoms with Crippen molar-refractivity contribution >= 4 is 65.0 Å². The molecule has 0 aliphatic heterocycles. The van der Waals surface area contributed by atoms with Crippen LogP contribution < -0.4 is 0 Å². The molecular formula is C44H27N3. The number of benzene rings is 8. The number of hydrogen-bond donors (Lipinski definition) is 0. The first kappa shape index (κ1) is 26.0. The molecule has 0 amide bonds. The van der Waals surface area contributed by atoms with Crippen LogP contribution >= 0.6 is 0 Å². The largest absolute Gasteiger partial charge is 0.309 e. The lowest BCUT2D eigenvalue weighted by Gasteiger charge is -2.14. The molecule has 0 atom stereocenters. The number of fused-ring (bicyclic) bond motifs is 10. The van der Waals surface area contributed by atoms with Crippen LogP contribution in [0.15, 0.2) is 164 Å². The summed E-state index contributed by atoms with van der Waals surface area (Å²) in [7, 11) is 0. The first-order valence-electron chi connectivity index (χ1n) is 16.0. The van der Waals surface area contributed by atoms with Crippen molar-refractivity contribution in [2.24, 2.45) is 0 Å². The summed E-state index contributed by atoms with van der Waals surface area (Å²) >= 11 is 0.